The Labute approximate surface area is 200 Å². The fraction of sp³-hybridized carbons (Fsp3) is 0.522. The molecule has 0 aliphatic heterocycles. The molecular weight excluding hydrogens is 469 g/mol. The van der Waals surface area contributed by atoms with E-state index in [0.717, 1.165) is 18.5 Å². The summed E-state index contributed by atoms with van der Waals surface area (Å²) in [6, 6.07) is 6.49. The van der Waals surface area contributed by atoms with Crippen molar-refractivity contribution in [1.29, 1.82) is 0 Å². The summed E-state index contributed by atoms with van der Waals surface area (Å²) in [5, 5.41) is 21.7. The van der Waals surface area contributed by atoms with Crippen molar-refractivity contribution in [1.82, 2.24) is 15.8 Å². The van der Waals surface area contributed by atoms with Gasteiger partial charge < -0.3 is 25.0 Å². The third kappa shape index (κ3) is 4.56. The molecule has 6 rings (SSSR count). The number of nitrogens with zero attached hydrogens (tertiary/aromatic N) is 1. The van der Waals surface area contributed by atoms with E-state index < -0.39 is 17.2 Å². The number of hydrogen-bond acceptors (Lipinski definition) is 6. The second-order valence-corrected chi connectivity index (χ2v) is 10.2. The highest BCUT2D eigenvalue weighted by Gasteiger charge is 2.55. The van der Waals surface area contributed by atoms with Crippen LogP contribution in [0.3, 0.4) is 0 Å². The van der Waals surface area contributed by atoms with E-state index in [-0.39, 0.29) is 24.2 Å². The van der Waals surface area contributed by atoms with Crippen LogP contribution in [0, 0.1) is 0 Å². The fourth-order valence-electron chi connectivity index (χ4n) is 4.96. The van der Waals surface area contributed by atoms with Crippen LogP contribution in [0.15, 0.2) is 28.8 Å². The number of carbonyl (C=O) groups is 2. The normalized spacial score (nSPS) is 28.4. The first-order chi connectivity index (χ1) is 15.8. The third-order valence-electron chi connectivity index (χ3n) is 7.10. The highest BCUT2D eigenvalue weighted by atomic mass is 35.5. The number of carbonyl (C=O) groups excluding carboxylic acids is 2. The Balaban J connectivity index is 1.17. The Kier molecular flexibility index (Phi) is 5.79. The maximum Gasteiger partial charge on any atom is 0.290 e. The van der Waals surface area contributed by atoms with Crippen molar-refractivity contribution in [2.24, 2.45) is 0 Å². The van der Waals surface area contributed by atoms with Gasteiger partial charge in [-0.05, 0) is 57.1 Å². The number of aliphatic hydroxyl groups is 1. The lowest BCUT2D eigenvalue weighted by molar-refractivity contribution is -0.132. The average Bonchev–Trinajstić information content (AvgIpc) is 3.52. The first-order valence-electron chi connectivity index (χ1n) is 11.1. The lowest BCUT2D eigenvalue weighted by Crippen LogP contribution is -2.70. The van der Waals surface area contributed by atoms with Crippen LogP contribution in [0.2, 0.25) is 10.0 Å². The van der Waals surface area contributed by atoms with E-state index in [1.54, 1.807) is 24.3 Å². The number of halogens is 2. The molecule has 3 N–H and O–H groups in total. The molecule has 2 aromatic rings. The topological polar surface area (TPSA) is 114 Å². The number of aromatic nitrogens is 1. The Bertz CT molecular complexity index is 1080. The van der Waals surface area contributed by atoms with Crippen LogP contribution in [0.1, 0.15) is 67.1 Å². The minimum Gasteiger partial charge on any atom is -0.484 e. The number of nitrogens with one attached hydrogen (secondary N) is 2. The van der Waals surface area contributed by atoms with E-state index in [2.05, 4.69) is 15.8 Å². The number of amides is 2. The zero-order chi connectivity index (χ0) is 23.2. The Morgan fingerprint density at radius 3 is 2.55 bits per heavy atom. The molecule has 0 saturated heterocycles. The standard InChI is InChI=1S/C23H25Cl2N3O5/c24-15-4-3-14(9-16(15)25)32-12-20(30)26-23-7-5-22(6-8-23,11-19(23)29)27-21(31)18-10-17(28-33-18)13-1-2-13/h3-4,9-10,13,19,29H,1-2,5-8,11-12H2,(H,26,30)(H,27,31). The van der Waals surface area contributed by atoms with Crippen molar-refractivity contribution in [3.8, 4) is 5.75 Å². The number of benzene rings is 1. The number of rotatable bonds is 7. The molecule has 8 nitrogen and oxygen atoms in total. The van der Waals surface area contributed by atoms with Gasteiger partial charge in [0.05, 0.1) is 27.4 Å². The van der Waals surface area contributed by atoms with Gasteiger partial charge in [-0.2, -0.15) is 0 Å². The number of ether oxygens (including phenoxy) is 1. The predicted molar refractivity (Wildman–Crippen MR) is 121 cm³/mol. The monoisotopic (exact) mass is 493 g/mol. The molecule has 1 aromatic heterocycles. The van der Waals surface area contributed by atoms with E-state index in [0.29, 0.717) is 53.8 Å². The highest BCUT2D eigenvalue weighted by Crippen LogP contribution is 2.47. The Hall–Kier alpha value is -2.29. The molecular formula is C23H25Cl2N3O5. The lowest BCUT2D eigenvalue weighted by atomic mass is 9.60. The summed E-state index contributed by atoms with van der Waals surface area (Å²) in [6.07, 6.45) is 4.13. The van der Waals surface area contributed by atoms with Gasteiger partial charge in [0.25, 0.3) is 11.8 Å². The zero-order valence-corrected chi connectivity index (χ0v) is 19.4. The van der Waals surface area contributed by atoms with Crippen molar-refractivity contribution >= 4 is 35.0 Å². The van der Waals surface area contributed by atoms with Crippen LogP contribution in [-0.4, -0.2) is 45.9 Å². The van der Waals surface area contributed by atoms with Gasteiger partial charge in [0.2, 0.25) is 5.76 Å². The first kappa shape index (κ1) is 22.5. The predicted octanol–water partition coefficient (Wildman–Crippen LogP) is 3.60. The van der Waals surface area contributed by atoms with Gasteiger partial charge in [-0.15, -0.1) is 0 Å². The second kappa shape index (κ2) is 8.49. The van der Waals surface area contributed by atoms with Crippen molar-refractivity contribution in [3.05, 3.63) is 45.8 Å². The molecule has 33 heavy (non-hydrogen) atoms. The maximum absolute atomic E-state index is 12.7. The summed E-state index contributed by atoms with van der Waals surface area (Å²) < 4.78 is 10.8. The van der Waals surface area contributed by atoms with Crippen molar-refractivity contribution < 1.29 is 24.0 Å². The van der Waals surface area contributed by atoms with Gasteiger partial charge in [-0.25, -0.2) is 0 Å². The van der Waals surface area contributed by atoms with Gasteiger partial charge in [-0.1, -0.05) is 28.4 Å². The van der Waals surface area contributed by atoms with E-state index in [9.17, 15) is 14.7 Å². The van der Waals surface area contributed by atoms with Crippen molar-refractivity contribution in [2.75, 3.05) is 6.61 Å². The van der Waals surface area contributed by atoms with Crippen LogP contribution in [0.25, 0.3) is 0 Å². The summed E-state index contributed by atoms with van der Waals surface area (Å²) >= 11 is 11.9. The lowest BCUT2D eigenvalue weighted by Gasteiger charge is -2.56. The van der Waals surface area contributed by atoms with Crippen LogP contribution in [0.5, 0.6) is 5.75 Å². The molecule has 0 spiro atoms. The van der Waals surface area contributed by atoms with Gasteiger partial charge in [0.15, 0.2) is 6.61 Å². The largest absolute Gasteiger partial charge is 0.484 e. The Morgan fingerprint density at radius 2 is 1.88 bits per heavy atom. The molecule has 4 fully saturated rings. The van der Waals surface area contributed by atoms with E-state index in [1.807, 2.05) is 0 Å². The average molecular weight is 494 g/mol. The SMILES string of the molecule is O=C(COc1ccc(Cl)c(Cl)c1)NC12CCC(NC(=O)c3cc(C4CC4)no3)(CC1)CC2O. The van der Waals surface area contributed by atoms with Crippen LogP contribution in [0.4, 0.5) is 0 Å². The van der Waals surface area contributed by atoms with Crippen LogP contribution < -0.4 is 15.4 Å². The van der Waals surface area contributed by atoms with Gasteiger partial charge in [0, 0.05) is 23.6 Å². The molecule has 1 unspecified atom stereocenters. The Morgan fingerprint density at radius 1 is 1.12 bits per heavy atom. The van der Waals surface area contributed by atoms with Gasteiger partial charge >= 0.3 is 0 Å². The molecule has 2 bridgehead atoms. The van der Waals surface area contributed by atoms with E-state index in [4.69, 9.17) is 32.5 Å². The smallest absolute Gasteiger partial charge is 0.290 e. The molecule has 4 saturated carbocycles. The van der Waals surface area contributed by atoms with Crippen molar-refractivity contribution in [3.63, 3.8) is 0 Å². The number of fused-ring (bicyclic) bond motifs is 3. The van der Waals surface area contributed by atoms with Crippen LogP contribution >= 0.6 is 23.2 Å². The minimum absolute atomic E-state index is 0.205. The maximum atomic E-state index is 12.7. The summed E-state index contributed by atoms with van der Waals surface area (Å²) in [5.41, 5.74) is -0.419. The third-order valence-corrected chi connectivity index (χ3v) is 7.84. The quantitative estimate of drug-likeness (QED) is 0.542. The second-order valence-electron chi connectivity index (χ2n) is 9.41. The number of aliphatic hydroxyl groups excluding tert-OH is 1. The summed E-state index contributed by atoms with van der Waals surface area (Å²) in [4.78, 5) is 25.3. The van der Waals surface area contributed by atoms with Crippen LogP contribution in [-0.2, 0) is 4.79 Å². The molecule has 0 radical (unpaired) electrons. The fourth-order valence-corrected chi connectivity index (χ4v) is 5.25. The van der Waals surface area contributed by atoms with E-state index >= 15 is 0 Å². The molecule has 2 amide bonds. The molecule has 1 heterocycles. The van der Waals surface area contributed by atoms with Gasteiger partial charge in [0.1, 0.15) is 5.75 Å². The van der Waals surface area contributed by atoms with Crippen molar-refractivity contribution in [2.45, 2.75) is 68.0 Å². The van der Waals surface area contributed by atoms with E-state index in [1.165, 1.54) is 0 Å². The summed E-state index contributed by atoms with van der Waals surface area (Å²) in [7, 11) is 0. The summed E-state index contributed by atoms with van der Waals surface area (Å²) in [5.74, 6) is 0.409. The first-order valence-corrected chi connectivity index (χ1v) is 11.9. The zero-order valence-electron chi connectivity index (χ0n) is 17.9. The molecule has 1 aromatic carbocycles. The molecule has 10 heteroatoms. The van der Waals surface area contributed by atoms with Gasteiger partial charge in [-0.3, -0.25) is 9.59 Å². The molecule has 4 aliphatic rings. The highest BCUT2D eigenvalue weighted by molar-refractivity contribution is 6.42. The summed E-state index contributed by atoms with van der Waals surface area (Å²) in [6.45, 7) is -0.205. The molecule has 4 aliphatic carbocycles. The molecule has 1 atom stereocenters. The minimum atomic E-state index is -0.786. The molecule has 176 valence electrons. The number of hydrogen-bond donors (Lipinski definition) is 3.